The number of hydrogen-bond acceptors (Lipinski definition) is 4. The molecule has 136 valence electrons. The fraction of sp³-hybridized carbons (Fsp3) is 0.211. The molecule has 1 heterocycles. The maximum absolute atomic E-state index is 12.6. The summed E-state index contributed by atoms with van der Waals surface area (Å²) in [4.78, 5) is 4.22. The van der Waals surface area contributed by atoms with Crippen molar-refractivity contribution in [3.8, 4) is 23.0 Å². The van der Waals surface area contributed by atoms with Crippen LogP contribution in [0.3, 0.4) is 0 Å². The van der Waals surface area contributed by atoms with Crippen LogP contribution in [0.2, 0.25) is 0 Å². The van der Waals surface area contributed by atoms with Crippen molar-refractivity contribution in [2.75, 3.05) is 6.61 Å². The van der Waals surface area contributed by atoms with Crippen LogP contribution >= 0.6 is 11.6 Å². The highest BCUT2D eigenvalue weighted by atomic mass is 35.5. The van der Waals surface area contributed by atoms with E-state index >= 15 is 0 Å². The predicted molar refractivity (Wildman–Crippen MR) is 93.8 cm³/mol. The molecule has 0 saturated heterocycles. The molecule has 0 bridgehead atoms. The van der Waals surface area contributed by atoms with E-state index in [0.29, 0.717) is 29.5 Å². The Kier molecular flexibility index (Phi) is 6.07. The molecule has 0 atom stereocenters. The first-order valence-electron chi connectivity index (χ1n) is 7.88. The molecule has 0 aliphatic heterocycles. The number of ether oxygens (including phenoxy) is 2. The van der Waals surface area contributed by atoms with Crippen LogP contribution in [-0.2, 0) is 12.5 Å². The van der Waals surface area contributed by atoms with Gasteiger partial charge in [0.05, 0.1) is 11.6 Å². The molecule has 2 aromatic carbocycles. The summed E-state index contributed by atoms with van der Waals surface area (Å²) < 4.78 is 41.4. The lowest BCUT2D eigenvalue weighted by Gasteiger charge is -2.13. The Hall–Kier alpha value is -2.60. The molecule has 26 heavy (non-hydrogen) atoms. The maximum Gasteiger partial charge on any atom is 0.272 e. The smallest absolute Gasteiger partial charge is 0.272 e. The molecule has 3 aromatic rings. The molecule has 4 nitrogen and oxygen atoms in total. The molecular formula is C19H16ClF2NO3. The maximum atomic E-state index is 12.6. The van der Waals surface area contributed by atoms with Crippen molar-refractivity contribution in [3.63, 3.8) is 0 Å². The van der Waals surface area contributed by atoms with Crippen molar-refractivity contribution in [3.05, 3.63) is 66.1 Å². The minimum atomic E-state index is -2.59. The number of halogens is 3. The minimum Gasteiger partial charge on any atom is -0.485 e. The number of aromatic nitrogens is 1. The molecule has 0 spiro atoms. The lowest BCUT2D eigenvalue weighted by atomic mass is 10.2. The third-order valence-electron chi connectivity index (χ3n) is 3.48. The van der Waals surface area contributed by atoms with Gasteiger partial charge in [-0.15, -0.1) is 11.6 Å². The van der Waals surface area contributed by atoms with Crippen molar-refractivity contribution >= 4 is 11.6 Å². The van der Waals surface area contributed by atoms with Crippen molar-refractivity contribution < 1.29 is 22.7 Å². The second-order valence-electron chi connectivity index (χ2n) is 5.42. The van der Waals surface area contributed by atoms with Gasteiger partial charge in [-0.1, -0.05) is 30.3 Å². The SMILES string of the molecule is FC(F)COc1cc(-c2nc(CCl)co2)ccc1OCc1ccccc1. The molecule has 0 fully saturated rings. The summed E-state index contributed by atoms with van der Waals surface area (Å²) in [5, 5.41) is 0. The van der Waals surface area contributed by atoms with E-state index in [1.54, 1.807) is 18.2 Å². The van der Waals surface area contributed by atoms with E-state index in [2.05, 4.69) is 4.98 Å². The van der Waals surface area contributed by atoms with E-state index < -0.39 is 13.0 Å². The Morgan fingerprint density at radius 2 is 1.85 bits per heavy atom. The van der Waals surface area contributed by atoms with Crippen LogP contribution < -0.4 is 9.47 Å². The van der Waals surface area contributed by atoms with Crippen molar-refractivity contribution in [1.82, 2.24) is 4.98 Å². The molecule has 0 aliphatic rings. The van der Waals surface area contributed by atoms with Gasteiger partial charge >= 0.3 is 0 Å². The summed E-state index contributed by atoms with van der Waals surface area (Å²) in [5.74, 6) is 1.11. The fourth-order valence-electron chi connectivity index (χ4n) is 2.26. The molecule has 7 heteroatoms. The van der Waals surface area contributed by atoms with E-state index in [1.807, 2.05) is 30.3 Å². The Morgan fingerprint density at radius 3 is 2.54 bits per heavy atom. The van der Waals surface area contributed by atoms with E-state index in [1.165, 1.54) is 6.26 Å². The van der Waals surface area contributed by atoms with Gasteiger partial charge < -0.3 is 13.9 Å². The van der Waals surface area contributed by atoms with Crippen molar-refractivity contribution in [2.24, 2.45) is 0 Å². The third-order valence-corrected chi connectivity index (χ3v) is 3.76. The van der Waals surface area contributed by atoms with Crippen LogP contribution in [0, 0.1) is 0 Å². The number of alkyl halides is 3. The molecule has 0 saturated carbocycles. The highest BCUT2D eigenvalue weighted by Crippen LogP contribution is 2.33. The molecule has 0 amide bonds. The quantitative estimate of drug-likeness (QED) is 0.498. The number of oxazole rings is 1. The summed E-state index contributed by atoms with van der Waals surface area (Å²) in [6.45, 7) is -0.440. The molecule has 0 unspecified atom stereocenters. The summed E-state index contributed by atoms with van der Waals surface area (Å²) in [6, 6.07) is 14.4. The lowest BCUT2D eigenvalue weighted by Crippen LogP contribution is -2.08. The van der Waals surface area contributed by atoms with E-state index in [-0.39, 0.29) is 11.6 Å². The topological polar surface area (TPSA) is 44.5 Å². The molecule has 1 aromatic heterocycles. The predicted octanol–water partition coefficient (Wildman–Crippen LogP) is 5.30. The third kappa shape index (κ3) is 4.73. The summed E-state index contributed by atoms with van der Waals surface area (Å²) >= 11 is 5.72. The molecular weight excluding hydrogens is 364 g/mol. The van der Waals surface area contributed by atoms with Crippen LogP contribution in [0.5, 0.6) is 11.5 Å². The normalized spacial score (nSPS) is 10.9. The summed E-state index contributed by atoms with van der Waals surface area (Å²) in [5.41, 5.74) is 2.12. The average Bonchev–Trinajstić information content (AvgIpc) is 3.15. The number of nitrogens with zero attached hydrogens (tertiary/aromatic N) is 1. The summed E-state index contributed by atoms with van der Waals surface area (Å²) in [6.07, 6.45) is -1.15. The van der Waals surface area contributed by atoms with Crippen molar-refractivity contribution in [1.29, 1.82) is 0 Å². The zero-order valence-electron chi connectivity index (χ0n) is 13.7. The average molecular weight is 380 g/mol. The van der Waals surface area contributed by atoms with Gasteiger partial charge in [0.1, 0.15) is 19.5 Å². The monoisotopic (exact) mass is 379 g/mol. The highest BCUT2D eigenvalue weighted by Gasteiger charge is 2.14. The number of benzene rings is 2. The number of rotatable bonds is 8. The van der Waals surface area contributed by atoms with Gasteiger partial charge in [0.25, 0.3) is 6.43 Å². The van der Waals surface area contributed by atoms with E-state index in [4.69, 9.17) is 25.5 Å². The second-order valence-corrected chi connectivity index (χ2v) is 5.68. The van der Waals surface area contributed by atoms with Crippen LogP contribution in [0.1, 0.15) is 11.3 Å². The largest absolute Gasteiger partial charge is 0.485 e. The zero-order valence-corrected chi connectivity index (χ0v) is 14.5. The lowest BCUT2D eigenvalue weighted by molar-refractivity contribution is 0.0798. The van der Waals surface area contributed by atoms with Crippen LogP contribution in [0.15, 0.2) is 59.2 Å². The van der Waals surface area contributed by atoms with Gasteiger partial charge in [0.2, 0.25) is 5.89 Å². The number of hydrogen-bond donors (Lipinski definition) is 0. The molecule has 0 N–H and O–H groups in total. The van der Waals surface area contributed by atoms with E-state index in [0.717, 1.165) is 5.56 Å². The minimum absolute atomic E-state index is 0.198. The first-order valence-corrected chi connectivity index (χ1v) is 8.41. The second kappa shape index (κ2) is 8.67. The molecule has 0 radical (unpaired) electrons. The van der Waals surface area contributed by atoms with Gasteiger partial charge in [0, 0.05) is 5.56 Å². The van der Waals surface area contributed by atoms with Gasteiger partial charge in [-0.05, 0) is 23.8 Å². The van der Waals surface area contributed by atoms with Gasteiger partial charge in [-0.3, -0.25) is 0 Å². The van der Waals surface area contributed by atoms with Gasteiger partial charge in [0.15, 0.2) is 11.5 Å². The Morgan fingerprint density at radius 1 is 1.04 bits per heavy atom. The Bertz CT molecular complexity index is 840. The van der Waals surface area contributed by atoms with Crippen LogP contribution in [0.25, 0.3) is 11.5 Å². The van der Waals surface area contributed by atoms with Crippen LogP contribution in [-0.4, -0.2) is 18.0 Å². The van der Waals surface area contributed by atoms with Crippen molar-refractivity contribution in [2.45, 2.75) is 18.9 Å². The van der Waals surface area contributed by atoms with Gasteiger partial charge in [-0.25, -0.2) is 13.8 Å². The van der Waals surface area contributed by atoms with Gasteiger partial charge in [-0.2, -0.15) is 0 Å². The first kappa shape index (κ1) is 18.2. The highest BCUT2D eigenvalue weighted by molar-refractivity contribution is 6.16. The fourth-order valence-corrected chi connectivity index (χ4v) is 2.38. The first-order chi connectivity index (χ1) is 12.7. The Labute approximate surface area is 154 Å². The Balaban J connectivity index is 1.82. The van der Waals surface area contributed by atoms with E-state index in [9.17, 15) is 8.78 Å². The molecule has 0 aliphatic carbocycles. The summed E-state index contributed by atoms with van der Waals surface area (Å²) in [7, 11) is 0. The molecule has 3 rings (SSSR count). The van der Waals surface area contributed by atoms with Crippen LogP contribution in [0.4, 0.5) is 8.78 Å². The standard InChI is InChI=1S/C19H16ClF2NO3/c20-9-15-11-26-19(23-15)14-6-7-16(17(8-14)25-12-18(21)22)24-10-13-4-2-1-3-5-13/h1-8,11,18H,9-10,12H2. The zero-order chi connectivity index (χ0) is 18.4.